The summed E-state index contributed by atoms with van der Waals surface area (Å²) in [6.45, 7) is 0. The number of methoxy groups -OCH3 is 1. The van der Waals surface area contributed by atoms with Crippen molar-refractivity contribution < 1.29 is 14.3 Å². The molecule has 166 valence electrons. The fourth-order valence-corrected chi connectivity index (χ4v) is 11.0. The molecule has 2 unspecified atom stereocenters. The van der Waals surface area contributed by atoms with E-state index in [4.69, 9.17) is 4.74 Å². The first-order valence-electron chi connectivity index (χ1n) is 12.9. The van der Waals surface area contributed by atoms with Crippen LogP contribution in [0.5, 0.6) is 5.75 Å². The molecule has 31 heavy (non-hydrogen) atoms. The number of benzene rings is 1. The van der Waals surface area contributed by atoms with E-state index in [2.05, 4.69) is 16.9 Å². The zero-order chi connectivity index (χ0) is 20.8. The smallest absolute Gasteiger partial charge is 0.437 e. The first kappa shape index (κ1) is 19.0. The van der Waals surface area contributed by atoms with Crippen LogP contribution in [0.25, 0.3) is 0 Å². The van der Waals surface area contributed by atoms with Gasteiger partial charge in [-0.1, -0.05) is 12.1 Å². The van der Waals surface area contributed by atoms with Crippen LogP contribution in [-0.2, 0) is 10.2 Å². The molecule has 8 aliphatic carbocycles. The predicted octanol–water partition coefficient (Wildman–Crippen LogP) is 6.89. The van der Waals surface area contributed by atoms with Gasteiger partial charge >= 0.3 is 6.16 Å². The van der Waals surface area contributed by atoms with Gasteiger partial charge in [0.1, 0.15) is 5.75 Å². The van der Waals surface area contributed by atoms with Crippen molar-refractivity contribution in [2.75, 3.05) is 7.11 Å². The maximum Gasteiger partial charge on any atom is 0.513 e. The number of rotatable bonds is 3. The molecular weight excluding hydrogens is 384 g/mol. The monoisotopic (exact) mass is 420 g/mol. The largest absolute Gasteiger partial charge is 0.513 e. The van der Waals surface area contributed by atoms with Crippen LogP contribution < -0.4 is 4.74 Å². The Labute approximate surface area is 186 Å². The van der Waals surface area contributed by atoms with Crippen LogP contribution in [0.4, 0.5) is 4.79 Å². The summed E-state index contributed by atoms with van der Waals surface area (Å²) in [5.74, 6) is 5.59. The highest BCUT2D eigenvalue weighted by Crippen LogP contribution is 2.77. The number of carbonyl (C=O) groups excluding carboxylic acids is 1. The molecular formula is C28H36O3. The molecule has 8 fully saturated rings. The van der Waals surface area contributed by atoms with E-state index in [1.807, 2.05) is 12.1 Å². The summed E-state index contributed by atoms with van der Waals surface area (Å²) in [7, 11) is 1.36. The topological polar surface area (TPSA) is 35.5 Å². The van der Waals surface area contributed by atoms with Crippen LogP contribution in [-0.4, -0.2) is 13.3 Å². The molecule has 9 rings (SSSR count). The summed E-state index contributed by atoms with van der Waals surface area (Å²) in [5.41, 5.74) is 3.14. The predicted molar refractivity (Wildman–Crippen MR) is 119 cm³/mol. The highest BCUT2D eigenvalue weighted by Gasteiger charge is 2.67. The second-order valence-electron chi connectivity index (χ2n) is 12.8. The lowest BCUT2D eigenvalue weighted by molar-refractivity contribution is -0.205. The molecule has 3 nitrogen and oxygen atoms in total. The van der Waals surface area contributed by atoms with Crippen molar-refractivity contribution in [3.8, 4) is 5.75 Å². The van der Waals surface area contributed by atoms with E-state index >= 15 is 0 Å². The summed E-state index contributed by atoms with van der Waals surface area (Å²) >= 11 is 0. The van der Waals surface area contributed by atoms with Crippen molar-refractivity contribution in [2.45, 2.75) is 82.5 Å². The molecule has 3 heteroatoms. The van der Waals surface area contributed by atoms with Gasteiger partial charge in [-0.15, -0.1) is 0 Å². The third-order valence-electron chi connectivity index (χ3n) is 11.1. The van der Waals surface area contributed by atoms with Gasteiger partial charge in [0.25, 0.3) is 0 Å². The first-order valence-corrected chi connectivity index (χ1v) is 12.9. The summed E-state index contributed by atoms with van der Waals surface area (Å²) < 4.78 is 9.91. The third-order valence-corrected chi connectivity index (χ3v) is 11.1. The quantitative estimate of drug-likeness (QED) is 0.395. The lowest BCUT2D eigenvalue weighted by atomic mass is 9.32. The number of ether oxygens (including phenoxy) is 2. The Morgan fingerprint density at radius 3 is 1.81 bits per heavy atom. The Balaban J connectivity index is 1.24. The van der Waals surface area contributed by atoms with Gasteiger partial charge in [0.05, 0.1) is 7.11 Å². The molecule has 1 aromatic rings. The normalized spacial score (nSPS) is 48.7. The molecule has 0 heterocycles. The summed E-state index contributed by atoms with van der Waals surface area (Å²) in [6, 6.07) is 8.50. The molecule has 2 atom stereocenters. The van der Waals surface area contributed by atoms with Gasteiger partial charge in [-0.3, -0.25) is 0 Å². The zero-order valence-electron chi connectivity index (χ0n) is 18.9. The van der Waals surface area contributed by atoms with Gasteiger partial charge in [0.15, 0.2) is 0 Å². The van der Waals surface area contributed by atoms with Gasteiger partial charge in [-0.25, -0.2) is 4.79 Å². The van der Waals surface area contributed by atoms with E-state index in [1.165, 1.54) is 51.2 Å². The first-order chi connectivity index (χ1) is 15.0. The lowest BCUT2D eigenvalue weighted by Crippen LogP contribution is -2.63. The average Bonchev–Trinajstić information content (AvgIpc) is 2.72. The van der Waals surface area contributed by atoms with Crippen LogP contribution in [0.1, 0.15) is 82.6 Å². The highest BCUT2D eigenvalue weighted by atomic mass is 16.7. The molecule has 0 saturated heterocycles. The van der Waals surface area contributed by atoms with E-state index in [0.717, 1.165) is 29.6 Å². The van der Waals surface area contributed by atoms with E-state index in [9.17, 15) is 4.79 Å². The van der Waals surface area contributed by atoms with Crippen LogP contribution >= 0.6 is 0 Å². The van der Waals surface area contributed by atoms with E-state index in [0.29, 0.717) is 22.0 Å². The molecule has 0 radical (unpaired) electrons. The van der Waals surface area contributed by atoms with E-state index < -0.39 is 6.16 Å². The van der Waals surface area contributed by atoms with Crippen LogP contribution in [0, 0.1) is 40.4 Å². The summed E-state index contributed by atoms with van der Waals surface area (Å²) in [5, 5.41) is 0. The van der Waals surface area contributed by atoms with Gasteiger partial charge in [0.2, 0.25) is 0 Å². The third kappa shape index (κ3) is 2.67. The Bertz CT molecular complexity index is 850. The molecule has 0 spiro atoms. The SMILES string of the molecule is COC(=O)Oc1ccc(C23CC4CC(C2)CC(C25CC6CC(CC(C6)C2)C5)(C4)C3)cc1. The van der Waals surface area contributed by atoms with Crippen LogP contribution in [0.3, 0.4) is 0 Å². The maximum atomic E-state index is 11.5. The van der Waals surface area contributed by atoms with E-state index in [-0.39, 0.29) is 0 Å². The lowest BCUT2D eigenvalue weighted by Gasteiger charge is -2.72. The molecule has 0 aliphatic heterocycles. The molecule has 8 saturated carbocycles. The molecule has 1 aromatic carbocycles. The Kier molecular flexibility index (Phi) is 3.86. The van der Waals surface area contributed by atoms with E-state index in [1.54, 1.807) is 38.5 Å². The molecule has 0 aromatic heterocycles. The Morgan fingerprint density at radius 2 is 1.26 bits per heavy atom. The van der Waals surface area contributed by atoms with Crippen molar-refractivity contribution in [2.24, 2.45) is 40.4 Å². The van der Waals surface area contributed by atoms with Gasteiger partial charge in [-0.05, 0) is 141 Å². The Morgan fingerprint density at radius 1 is 0.742 bits per heavy atom. The molecule has 8 bridgehead atoms. The van der Waals surface area contributed by atoms with Gasteiger partial charge in [0, 0.05) is 0 Å². The standard InChI is InChI=1S/C28H36O3/c1-30-25(29)31-24-4-2-23(3-5-24)26-10-21-9-22(11-26)16-28(15-21,17-26)27-12-18-6-19(13-27)8-20(7-18)14-27/h2-5,18-22H,6-17H2,1H3. The van der Waals surface area contributed by atoms with Crippen molar-refractivity contribution in [3.05, 3.63) is 29.8 Å². The minimum atomic E-state index is -0.636. The Hall–Kier alpha value is -1.51. The number of hydrogen-bond acceptors (Lipinski definition) is 3. The van der Waals surface area contributed by atoms with Crippen LogP contribution in [0.2, 0.25) is 0 Å². The minimum Gasteiger partial charge on any atom is -0.437 e. The molecule has 0 N–H and O–H groups in total. The van der Waals surface area contributed by atoms with Crippen molar-refractivity contribution >= 4 is 6.16 Å². The number of carbonyl (C=O) groups is 1. The molecule has 0 amide bonds. The molecule has 8 aliphatic rings. The fraction of sp³-hybridized carbons (Fsp3) is 0.750. The summed E-state index contributed by atoms with van der Waals surface area (Å²) in [6.07, 6.45) is 17.4. The highest BCUT2D eigenvalue weighted by molar-refractivity contribution is 5.63. The second kappa shape index (κ2) is 6.29. The van der Waals surface area contributed by atoms with Crippen molar-refractivity contribution in [1.29, 1.82) is 0 Å². The van der Waals surface area contributed by atoms with Gasteiger partial charge in [-0.2, -0.15) is 0 Å². The zero-order valence-corrected chi connectivity index (χ0v) is 18.9. The minimum absolute atomic E-state index is 0.358. The van der Waals surface area contributed by atoms with Crippen LogP contribution in [0.15, 0.2) is 24.3 Å². The number of hydrogen-bond donors (Lipinski definition) is 0. The van der Waals surface area contributed by atoms with Crippen molar-refractivity contribution in [1.82, 2.24) is 0 Å². The van der Waals surface area contributed by atoms with Crippen molar-refractivity contribution in [3.63, 3.8) is 0 Å². The maximum absolute atomic E-state index is 11.5. The average molecular weight is 421 g/mol. The second-order valence-corrected chi connectivity index (χ2v) is 12.8. The summed E-state index contributed by atoms with van der Waals surface area (Å²) in [4.78, 5) is 11.5. The fourth-order valence-electron chi connectivity index (χ4n) is 11.0. The van der Waals surface area contributed by atoms with Gasteiger partial charge < -0.3 is 9.47 Å².